The second-order valence-electron chi connectivity index (χ2n) is 5.60. The van der Waals surface area contributed by atoms with Crippen molar-refractivity contribution in [3.8, 4) is 6.07 Å². The Kier molecular flexibility index (Phi) is 4.99. The molecule has 1 saturated heterocycles. The first-order valence-electron chi connectivity index (χ1n) is 7.95. The Morgan fingerprint density at radius 3 is 2.48 bits per heavy atom. The maximum Gasteiger partial charge on any atom is 0.227 e. The molecule has 3 rings (SSSR count). The van der Waals surface area contributed by atoms with E-state index in [-0.39, 0.29) is 5.91 Å². The maximum atomic E-state index is 12.4. The summed E-state index contributed by atoms with van der Waals surface area (Å²) in [5.41, 5.74) is 1.09. The van der Waals surface area contributed by atoms with Gasteiger partial charge in [0.1, 0.15) is 6.07 Å². The number of nitriles is 1. The summed E-state index contributed by atoms with van der Waals surface area (Å²) in [5, 5.41) is 19.5. The van der Waals surface area contributed by atoms with Crippen LogP contribution in [0.25, 0.3) is 0 Å². The molecular formula is C16H18N8O. The standard InChI is InChI=1S/C16H18N8O/c1-18-16-19-10-12(11-20-16)8-15(25)24-6-4-23(5-7-24)14-3-2-13(9-17)21-22-14/h2-3,10-11H,4-8H2,1H3,(H,18,19,20). The van der Waals surface area contributed by atoms with Gasteiger partial charge in [0.25, 0.3) is 0 Å². The lowest BCUT2D eigenvalue weighted by Gasteiger charge is -2.35. The van der Waals surface area contributed by atoms with Gasteiger partial charge in [-0.3, -0.25) is 4.79 Å². The molecule has 1 amide bonds. The quantitative estimate of drug-likeness (QED) is 0.834. The van der Waals surface area contributed by atoms with Crippen LogP contribution in [-0.2, 0) is 11.2 Å². The predicted octanol–water partition coefficient (Wildman–Crippen LogP) is 0.0713. The number of carbonyl (C=O) groups excluding carboxylic acids is 1. The largest absolute Gasteiger partial charge is 0.357 e. The first-order valence-corrected chi connectivity index (χ1v) is 7.95. The number of aromatic nitrogens is 4. The highest BCUT2D eigenvalue weighted by molar-refractivity contribution is 5.79. The summed E-state index contributed by atoms with van der Waals surface area (Å²) in [6, 6.07) is 5.38. The van der Waals surface area contributed by atoms with Crippen molar-refractivity contribution in [2.24, 2.45) is 0 Å². The highest BCUT2D eigenvalue weighted by Crippen LogP contribution is 2.13. The first-order chi connectivity index (χ1) is 12.2. The Hall–Kier alpha value is -3.28. The number of hydrogen-bond donors (Lipinski definition) is 1. The molecule has 2 aromatic heterocycles. The summed E-state index contributed by atoms with van der Waals surface area (Å²) >= 11 is 0. The van der Waals surface area contributed by atoms with Gasteiger partial charge < -0.3 is 15.1 Å². The number of rotatable bonds is 4. The third-order valence-corrected chi connectivity index (χ3v) is 4.01. The van der Waals surface area contributed by atoms with Crippen molar-refractivity contribution in [3.05, 3.63) is 35.8 Å². The fourth-order valence-electron chi connectivity index (χ4n) is 2.60. The van der Waals surface area contributed by atoms with E-state index in [2.05, 4.69) is 30.4 Å². The van der Waals surface area contributed by atoms with Gasteiger partial charge in [-0.15, -0.1) is 10.2 Å². The summed E-state index contributed by atoms with van der Waals surface area (Å²) in [5.74, 6) is 1.32. The van der Waals surface area contributed by atoms with Crippen molar-refractivity contribution in [2.45, 2.75) is 6.42 Å². The average Bonchev–Trinajstić information content (AvgIpc) is 2.69. The van der Waals surface area contributed by atoms with Gasteiger partial charge in [0.05, 0.1) is 6.42 Å². The van der Waals surface area contributed by atoms with E-state index in [0.29, 0.717) is 44.2 Å². The van der Waals surface area contributed by atoms with Gasteiger partial charge in [-0.25, -0.2) is 9.97 Å². The molecule has 25 heavy (non-hydrogen) atoms. The summed E-state index contributed by atoms with van der Waals surface area (Å²) in [6.45, 7) is 2.61. The molecule has 128 valence electrons. The normalized spacial score (nSPS) is 14.1. The Morgan fingerprint density at radius 2 is 1.92 bits per heavy atom. The van der Waals surface area contributed by atoms with E-state index in [9.17, 15) is 4.79 Å². The highest BCUT2D eigenvalue weighted by atomic mass is 16.2. The smallest absolute Gasteiger partial charge is 0.227 e. The van der Waals surface area contributed by atoms with Gasteiger partial charge in [0.2, 0.25) is 11.9 Å². The van der Waals surface area contributed by atoms with Crippen LogP contribution in [0.4, 0.5) is 11.8 Å². The van der Waals surface area contributed by atoms with Crippen molar-refractivity contribution >= 4 is 17.7 Å². The van der Waals surface area contributed by atoms with Crippen LogP contribution < -0.4 is 10.2 Å². The maximum absolute atomic E-state index is 12.4. The van der Waals surface area contributed by atoms with E-state index in [1.807, 2.05) is 11.0 Å². The van der Waals surface area contributed by atoms with E-state index in [4.69, 9.17) is 5.26 Å². The Balaban J connectivity index is 1.53. The van der Waals surface area contributed by atoms with Crippen LogP contribution in [0.15, 0.2) is 24.5 Å². The van der Waals surface area contributed by atoms with Crippen molar-refractivity contribution in [1.29, 1.82) is 5.26 Å². The van der Waals surface area contributed by atoms with Crippen molar-refractivity contribution in [1.82, 2.24) is 25.1 Å². The van der Waals surface area contributed by atoms with Crippen LogP contribution in [-0.4, -0.2) is 64.2 Å². The third-order valence-electron chi connectivity index (χ3n) is 4.01. The zero-order valence-electron chi connectivity index (χ0n) is 13.9. The lowest BCUT2D eigenvalue weighted by atomic mass is 10.2. The van der Waals surface area contributed by atoms with Gasteiger partial charge in [0, 0.05) is 45.6 Å². The molecule has 0 saturated carbocycles. The number of anilines is 2. The van der Waals surface area contributed by atoms with Crippen molar-refractivity contribution < 1.29 is 4.79 Å². The summed E-state index contributed by atoms with van der Waals surface area (Å²) < 4.78 is 0. The minimum absolute atomic E-state index is 0.0615. The van der Waals surface area contributed by atoms with E-state index in [1.54, 1.807) is 31.6 Å². The molecule has 9 nitrogen and oxygen atoms in total. The third kappa shape index (κ3) is 3.98. The van der Waals surface area contributed by atoms with Crippen LogP contribution in [0.5, 0.6) is 0 Å². The van der Waals surface area contributed by atoms with Crippen LogP contribution in [0, 0.1) is 11.3 Å². The molecule has 1 fully saturated rings. The molecule has 1 aliphatic rings. The summed E-state index contributed by atoms with van der Waals surface area (Å²) in [6.07, 6.45) is 3.62. The molecule has 0 radical (unpaired) electrons. The molecule has 0 aromatic carbocycles. The predicted molar refractivity (Wildman–Crippen MR) is 90.8 cm³/mol. The molecular weight excluding hydrogens is 320 g/mol. The topological polar surface area (TPSA) is 111 Å². The molecule has 0 aliphatic carbocycles. The molecule has 1 aliphatic heterocycles. The monoisotopic (exact) mass is 338 g/mol. The molecule has 1 N–H and O–H groups in total. The molecule has 3 heterocycles. The summed E-state index contributed by atoms with van der Waals surface area (Å²) in [7, 11) is 1.75. The van der Waals surface area contributed by atoms with Gasteiger partial charge in [-0.2, -0.15) is 5.26 Å². The highest BCUT2D eigenvalue weighted by Gasteiger charge is 2.22. The van der Waals surface area contributed by atoms with E-state index < -0.39 is 0 Å². The number of carbonyl (C=O) groups is 1. The second-order valence-corrected chi connectivity index (χ2v) is 5.60. The van der Waals surface area contributed by atoms with E-state index in [1.165, 1.54) is 0 Å². The Bertz CT molecular complexity index is 760. The average molecular weight is 338 g/mol. The second kappa shape index (κ2) is 7.53. The number of nitrogens with zero attached hydrogens (tertiary/aromatic N) is 7. The number of amides is 1. The van der Waals surface area contributed by atoms with Crippen LogP contribution >= 0.6 is 0 Å². The van der Waals surface area contributed by atoms with Crippen LogP contribution in [0.3, 0.4) is 0 Å². The molecule has 9 heteroatoms. The Labute approximate surface area is 145 Å². The van der Waals surface area contributed by atoms with Gasteiger partial charge >= 0.3 is 0 Å². The van der Waals surface area contributed by atoms with Gasteiger partial charge in [-0.1, -0.05) is 0 Å². The number of piperazine rings is 1. The first kappa shape index (κ1) is 16.6. The zero-order chi connectivity index (χ0) is 17.6. The van der Waals surface area contributed by atoms with Crippen molar-refractivity contribution in [2.75, 3.05) is 43.4 Å². The SMILES string of the molecule is CNc1ncc(CC(=O)N2CCN(c3ccc(C#N)nn3)CC2)cn1. The summed E-state index contributed by atoms with van der Waals surface area (Å²) in [4.78, 5) is 24.6. The molecule has 0 unspecified atom stereocenters. The fraction of sp³-hybridized carbons (Fsp3) is 0.375. The lowest BCUT2D eigenvalue weighted by molar-refractivity contribution is -0.130. The van der Waals surface area contributed by atoms with E-state index >= 15 is 0 Å². The zero-order valence-corrected chi connectivity index (χ0v) is 13.9. The minimum atomic E-state index is 0.0615. The van der Waals surface area contributed by atoms with Gasteiger partial charge in [0.15, 0.2) is 11.5 Å². The van der Waals surface area contributed by atoms with Crippen LogP contribution in [0.1, 0.15) is 11.3 Å². The molecule has 0 bridgehead atoms. The molecule has 2 aromatic rings. The van der Waals surface area contributed by atoms with Crippen LogP contribution in [0.2, 0.25) is 0 Å². The molecule has 0 spiro atoms. The minimum Gasteiger partial charge on any atom is -0.357 e. The number of hydrogen-bond acceptors (Lipinski definition) is 8. The Morgan fingerprint density at radius 1 is 1.20 bits per heavy atom. The van der Waals surface area contributed by atoms with Crippen molar-refractivity contribution in [3.63, 3.8) is 0 Å². The van der Waals surface area contributed by atoms with E-state index in [0.717, 1.165) is 11.4 Å². The fourth-order valence-corrected chi connectivity index (χ4v) is 2.60. The molecule has 0 atom stereocenters. The van der Waals surface area contributed by atoms with Gasteiger partial charge in [-0.05, 0) is 17.7 Å². The lowest BCUT2D eigenvalue weighted by Crippen LogP contribution is -2.49. The number of nitrogens with one attached hydrogen (secondary N) is 1.